The second-order valence-corrected chi connectivity index (χ2v) is 9.06. The fourth-order valence-electron chi connectivity index (χ4n) is 3.69. The van der Waals surface area contributed by atoms with Gasteiger partial charge >= 0.3 is 0 Å². The smallest absolute Gasteiger partial charge is 0.261 e. The van der Waals surface area contributed by atoms with Crippen molar-refractivity contribution in [2.45, 2.75) is 44.4 Å². The zero-order valence-electron chi connectivity index (χ0n) is 15.7. The minimum Gasteiger partial charge on any atom is -0.312 e. The number of carbonyl (C=O) groups is 1. The Kier molecular flexibility index (Phi) is 4.46. The van der Waals surface area contributed by atoms with Crippen molar-refractivity contribution in [2.75, 3.05) is 16.2 Å². The van der Waals surface area contributed by atoms with Gasteiger partial charge in [0.1, 0.15) is 0 Å². The molecule has 0 radical (unpaired) electrons. The molecule has 1 heterocycles. The standard InChI is InChI=1S/C21H24N2O3S/c1-3-15-6-4-5-14(2)20(15)22-27(25,26)18-9-10-19-17(13-18)11-12-23(19)21(24)16-7-8-16/h4-6,9-10,13,16,22H,3,7-8,11-12H2,1-2H3. The molecule has 0 spiro atoms. The van der Waals surface area contributed by atoms with Crippen LogP contribution < -0.4 is 9.62 Å². The molecule has 5 nitrogen and oxygen atoms in total. The van der Waals surface area contributed by atoms with E-state index in [4.69, 9.17) is 0 Å². The van der Waals surface area contributed by atoms with Crippen LogP contribution in [-0.2, 0) is 27.7 Å². The summed E-state index contributed by atoms with van der Waals surface area (Å²) in [6.45, 7) is 4.55. The van der Waals surface area contributed by atoms with Gasteiger partial charge in [-0.1, -0.05) is 25.1 Å². The van der Waals surface area contributed by atoms with Crippen molar-refractivity contribution in [3.8, 4) is 0 Å². The first-order chi connectivity index (χ1) is 12.9. The molecular formula is C21H24N2O3S. The number of fused-ring (bicyclic) bond motifs is 1. The maximum Gasteiger partial charge on any atom is 0.261 e. The van der Waals surface area contributed by atoms with Crippen molar-refractivity contribution in [1.82, 2.24) is 0 Å². The van der Waals surface area contributed by atoms with Gasteiger partial charge in [0.05, 0.1) is 10.6 Å². The fraction of sp³-hybridized carbons (Fsp3) is 0.381. The molecule has 0 saturated heterocycles. The molecule has 2 aromatic carbocycles. The second kappa shape index (κ2) is 6.68. The third kappa shape index (κ3) is 3.34. The molecule has 0 bridgehead atoms. The van der Waals surface area contributed by atoms with Crippen molar-refractivity contribution in [3.63, 3.8) is 0 Å². The first-order valence-corrected chi connectivity index (χ1v) is 10.9. The van der Waals surface area contributed by atoms with Crippen LogP contribution >= 0.6 is 0 Å². The summed E-state index contributed by atoms with van der Waals surface area (Å²) in [6.07, 6.45) is 3.39. The minimum atomic E-state index is -3.69. The molecule has 27 heavy (non-hydrogen) atoms. The third-order valence-corrected chi connectivity index (χ3v) is 6.77. The normalized spacial score (nSPS) is 16.3. The van der Waals surface area contributed by atoms with Crippen LogP contribution in [0.15, 0.2) is 41.3 Å². The van der Waals surface area contributed by atoms with Crippen molar-refractivity contribution >= 4 is 27.3 Å². The Hall–Kier alpha value is -2.34. The Morgan fingerprint density at radius 1 is 1.22 bits per heavy atom. The van der Waals surface area contributed by atoms with E-state index in [1.54, 1.807) is 18.2 Å². The summed E-state index contributed by atoms with van der Waals surface area (Å²) in [7, 11) is -3.69. The number of nitrogens with one attached hydrogen (secondary N) is 1. The maximum atomic E-state index is 13.0. The lowest BCUT2D eigenvalue weighted by atomic mass is 10.1. The number of benzene rings is 2. The monoisotopic (exact) mass is 384 g/mol. The molecule has 1 fully saturated rings. The van der Waals surface area contributed by atoms with Crippen molar-refractivity contribution in [1.29, 1.82) is 0 Å². The van der Waals surface area contributed by atoms with Crippen LogP contribution in [0.2, 0.25) is 0 Å². The summed E-state index contributed by atoms with van der Waals surface area (Å²) >= 11 is 0. The molecule has 6 heteroatoms. The van der Waals surface area contributed by atoms with Gasteiger partial charge in [-0.15, -0.1) is 0 Å². The van der Waals surface area contributed by atoms with Crippen LogP contribution in [0.5, 0.6) is 0 Å². The van der Waals surface area contributed by atoms with Gasteiger partial charge in [0.15, 0.2) is 0 Å². The Labute approximate surface area is 160 Å². The molecule has 1 N–H and O–H groups in total. The van der Waals surface area contributed by atoms with E-state index >= 15 is 0 Å². The summed E-state index contributed by atoms with van der Waals surface area (Å²) in [5, 5.41) is 0. The number of nitrogens with zero attached hydrogens (tertiary/aromatic N) is 1. The van der Waals surface area contributed by atoms with Crippen LogP contribution in [0.25, 0.3) is 0 Å². The van der Waals surface area contributed by atoms with E-state index < -0.39 is 10.0 Å². The number of amides is 1. The summed E-state index contributed by atoms with van der Waals surface area (Å²) in [5.74, 6) is 0.338. The van der Waals surface area contributed by atoms with Crippen molar-refractivity contribution < 1.29 is 13.2 Å². The van der Waals surface area contributed by atoms with Gasteiger partial charge in [0.25, 0.3) is 10.0 Å². The highest BCUT2D eigenvalue weighted by atomic mass is 32.2. The van der Waals surface area contributed by atoms with E-state index in [0.29, 0.717) is 18.7 Å². The average Bonchev–Trinajstić information content (AvgIpc) is 3.41. The highest BCUT2D eigenvalue weighted by Crippen LogP contribution is 2.37. The van der Waals surface area contributed by atoms with Gasteiger partial charge in [-0.05, 0) is 67.5 Å². The van der Waals surface area contributed by atoms with Crippen LogP contribution in [0, 0.1) is 12.8 Å². The van der Waals surface area contributed by atoms with Crippen molar-refractivity contribution in [3.05, 3.63) is 53.1 Å². The molecule has 2 aliphatic rings. The highest BCUT2D eigenvalue weighted by molar-refractivity contribution is 7.92. The zero-order chi connectivity index (χ0) is 19.2. The number of para-hydroxylation sites is 1. The first-order valence-electron chi connectivity index (χ1n) is 9.46. The number of hydrogen-bond donors (Lipinski definition) is 1. The molecule has 1 aliphatic carbocycles. The van der Waals surface area contributed by atoms with E-state index in [2.05, 4.69) is 4.72 Å². The summed E-state index contributed by atoms with van der Waals surface area (Å²) in [6, 6.07) is 10.9. The zero-order valence-corrected chi connectivity index (χ0v) is 16.5. The average molecular weight is 385 g/mol. The van der Waals surface area contributed by atoms with Crippen LogP contribution in [0.3, 0.4) is 0 Å². The lowest BCUT2D eigenvalue weighted by molar-refractivity contribution is -0.119. The van der Waals surface area contributed by atoms with Gasteiger partial charge < -0.3 is 4.90 Å². The summed E-state index contributed by atoms with van der Waals surface area (Å²) in [5.41, 5.74) is 4.32. The highest BCUT2D eigenvalue weighted by Gasteiger charge is 2.36. The molecule has 0 atom stereocenters. The quantitative estimate of drug-likeness (QED) is 0.856. The van der Waals surface area contributed by atoms with Gasteiger partial charge in [0.2, 0.25) is 5.91 Å². The molecule has 142 valence electrons. The summed E-state index contributed by atoms with van der Waals surface area (Å²) < 4.78 is 28.7. The number of hydrogen-bond acceptors (Lipinski definition) is 3. The molecule has 1 saturated carbocycles. The number of rotatable bonds is 5. The van der Waals surface area contributed by atoms with E-state index in [1.807, 2.05) is 36.9 Å². The lowest BCUT2D eigenvalue weighted by Gasteiger charge is -2.18. The number of anilines is 2. The predicted molar refractivity (Wildman–Crippen MR) is 107 cm³/mol. The molecule has 2 aromatic rings. The van der Waals surface area contributed by atoms with Crippen molar-refractivity contribution in [2.24, 2.45) is 5.92 Å². The number of aryl methyl sites for hydroxylation is 2. The predicted octanol–water partition coefficient (Wildman–Crippen LogP) is 3.66. The van der Waals surface area contributed by atoms with Gasteiger partial charge in [-0.25, -0.2) is 8.42 Å². The van der Waals surface area contributed by atoms with Gasteiger partial charge in [-0.2, -0.15) is 0 Å². The molecule has 0 unspecified atom stereocenters. The minimum absolute atomic E-state index is 0.162. The lowest BCUT2D eigenvalue weighted by Crippen LogP contribution is -2.30. The Morgan fingerprint density at radius 3 is 2.70 bits per heavy atom. The fourth-order valence-corrected chi connectivity index (χ4v) is 4.91. The summed E-state index contributed by atoms with van der Waals surface area (Å²) in [4.78, 5) is 14.5. The van der Waals surface area contributed by atoms with Crippen LogP contribution in [0.4, 0.5) is 11.4 Å². The maximum absolute atomic E-state index is 13.0. The van der Waals surface area contributed by atoms with Crippen LogP contribution in [-0.4, -0.2) is 20.9 Å². The van der Waals surface area contributed by atoms with Gasteiger partial charge in [0, 0.05) is 18.2 Å². The van der Waals surface area contributed by atoms with E-state index in [1.165, 1.54) is 0 Å². The molecule has 1 aliphatic heterocycles. The Bertz CT molecular complexity index is 1010. The van der Waals surface area contributed by atoms with Gasteiger partial charge in [-0.3, -0.25) is 9.52 Å². The number of sulfonamides is 1. The third-order valence-electron chi connectivity index (χ3n) is 5.43. The van der Waals surface area contributed by atoms with Crippen LogP contribution in [0.1, 0.15) is 36.5 Å². The van der Waals surface area contributed by atoms with E-state index in [-0.39, 0.29) is 16.7 Å². The number of carbonyl (C=O) groups excluding carboxylic acids is 1. The molecule has 4 rings (SSSR count). The SMILES string of the molecule is CCc1cccc(C)c1NS(=O)(=O)c1ccc2c(c1)CCN2C(=O)C1CC1. The topological polar surface area (TPSA) is 66.5 Å². The second-order valence-electron chi connectivity index (χ2n) is 7.37. The van der Waals surface area contributed by atoms with E-state index in [9.17, 15) is 13.2 Å². The molecule has 0 aromatic heterocycles. The Balaban J connectivity index is 1.63. The largest absolute Gasteiger partial charge is 0.312 e. The molecular weight excluding hydrogens is 360 g/mol. The Morgan fingerprint density at radius 2 is 2.00 bits per heavy atom. The first kappa shape index (κ1) is 18.0. The molecule has 1 amide bonds. The van der Waals surface area contributed by atoms with E-state index in [0.717, 1.165) is 41.6 Å².